The molecular formula is C18H23N3O6. The second-order valence-corrected chi connectivity index (χ2v) is 6.73. The summed E-state index contributed by atoms with van der Waals surface area (Å²) in [4.78, 5) is 47.5. The third kappa shape index (κ3) is 5.77. The third-order valence-electron chi connectivity index (χ3n) is 4.63. The lowest BCUT2D eigenvalue weighted by Gasteiger charge is -2.34. The van der Waals surface area contributed by atoms with Gasteiger partial charge >= 0.3 is 5.97 Å². The van der Waals surface area contributed by atoms with Crippen LogP contribution >= 0.6 is 0 Å². The SMILES string of the molecule is CC(NC(=O)c1cccc([N+](=O)[O-])c1)C(=O)N1CCCC(CCC(=O)O)C1. The molecule has 1 fully saturated rings. The summed E-state index contributed by atoms with van der Waals surface area (Å²) in [6.07, 6.45) is 2.27. The molecule has 0 spiro atoms. The first-order chi connectivity index (χ1) is 12.8. The molecule has 0 saturated carbocycles. The summed E-state index contributed by atoms with van der Waals surface area (Å²) < 4.78 is 0. The van der Waals surface area contributed by atoms with Gasteiger partial charge in [-0.15, -0.1) is 0 Å². The van der Waals surface area contributed by atoms with Gasteiger partial charge in [-0.2, -0.15) is 0 Å². The van der Waals surface area contributed by atoms with Crippen molar-refractivity contribution in [3.05, 3.63) is 39.9 Å². The monoisotopic (exact) mass is 377 g/mol. The van der Waals surface area contributed by atoms with Crippen LogP contribution in [-0.2, 0) is 9.59 Å². The van der Waals surface area contributed by atoms with Gasteiger partial charge in [0.25, 0.3) is 11.6 Å². The van der Waals surface area contributed by atoms with E-state index < -0.39 is 22.8 Å². The van der Waals surface area contributed by atoms with Crippen molar-refractivity contribution in [3.63, 3.8) is 0 Å². The van der Waals surface area contributed by atoms with Gasteiger partial charge in [-0.25, -0.2) is 0 Å². The second kappa shape index (κ2) is 9.11. The lowest BCUT2D eigenvalue weighted by atomic mass is 9.93. The van der Waals surface area contributed by atoms with E-state index in [-0.39, 0.29) is 29.5 Å². The van der Waals surface area contributed by atoms with Crippen molar-refractivity contribution in [3.8, 4) is 0 Å². The molecule has 0 bridgehead atoms. The molecule has 27 heavy (non-hydrogen) atoms. The largest absolute Gasteiger partial charge is 0.481 e. The van der Waals surface area contributed by atoms with Gasteiger partial charge in [-0.1, -0.05) is 6.07 Å². The van der Waals surface area contributed by atoms with Gasteiger partial charge < -0.3 is 15.3 Å². The van der Waals surface area contributed by atoms with E-state index in [0.717, 1.165) is 18.9 Å². The Bertz CT molecular complexity index is 736. The highest BCUT2D eigenvalue weighted by atomic mass is 16.6. The number of carboxylic acids is 1. The zero-order chi connectivity index (χ0) is 20.0. The molecule has 9 nitrogen and oxygen atoms in total. The van der Waals surface area contributed by atoms with E-state index in [4.69, 9.17) is 5.11 Å². The van der Waals surface area contributed by atoms with Gasteiger partial charge in [0.05, 0.1) is 4.92 Å². The van der Waals surface area contributed by atoms with Crippen LogP contribution in [0.3, 0.4) is 0 Å². The van der Waals surface area contributed by atoms with Crippen molar-refractivity contribution in [2.45, 2.75) is 38.6 Å². The quantitative estimate of drug-likeness (QED) is 0.551. The second-order valence-electron chi connectivity index (χ2n) is 6.73. The molecule has 146 valence electrons. The lowest BCUT2D eigenvalue weighted by molar-refractivity contribution is -0.384. The predicted molar refractivity (Wildman–Crippen MR) is 96.2 cm³/mol. The predicted octanol–water partition coefficient (Wildman–Crippen LogP) is 1.82. The minimum atomic E-state index is -0.851. The van der Waals surface area contributed by atoms with Crippen molar-refractivity contribution in [2.24, 2.45) is 5.92 Å². The number of carboxylic acid groups (broad SMARTS) is 1. The maximum atomic E-state index is 12.6. The summed E-state index contributed by atoms with van der Waals surface area (Å²) >= 11 is 0. The van der Waals surface area contributed by atoms with Crippen LogP contribution in [0.4, 0.5) is 5.69 Å². The number of likely N-dealkylation sites (tertiary alicyclic amines) is 1. The maximum absolute atomic E-state index is 12.6. The number of nitrogens with one attached hydrogen (secondary N) is 1. The third-order valence-corrected chi connectivity index (χ3v) is 4.63. The molecule has 1 saturated heterocycles. The molecular weight excluding hydrogens is 354 g/mol. The zero-order valence-corrected chi connectivity index (χ0v) is 15.1. The van der Waals surface area contributed by atoms with E-state index in [0.29, 0.717) is 19.5 Å². The number of carbonyl (C=O) groups is 3. The van der Waals surface area contributed by atoms with Crippen molar-refractivity contribution >= 4 is 23.5 Å². The minimum absolute atomic E-state index is 0.0752. The van der Waals surface area contributed by atoms with Gasteiger partial charge in [0.15, 0.2) is 0 Å². The number of amides is 2. The number of rotatable bonds is 7. The number of piperidine rings is 1. The van der Waals surface area contributed by atoms with E-state index in [1.165, 1.54) is 18.2 Å². The average Bonchev–Trinajstić information content (AvgIpc) is 2.65. The van der Waals surface area contributed by atoms with Gasteiger partial charge in [0.2, 0.25) is 5.91 Å². The van der Waals surface area contributed by atoms with Crippen molar-refractivity contribution in [2.75, 3.05) is 13.1 Å². The Kier molecular flexibility index (Phi) is 6.86. The van der Waals surface area contributed by atoms with Crippen LogP contribution in [-0.4, -0.2) is 51.8 Å². The molecule has 0 aliphatic carbocycles. The standard InChI is InChI=1S/C18H23N3O6/c1-12(19-17(24)14-5-2-6-15(10-14)21(26)27)18(25)20-9-3-4-13(11-20)7-8-16(22)23/h2,5-6,10,12-13H,3-4,7-9,11H2,1H3,(H,19,24)(H,22,23). The number of benzene rings is 1. The molecule has 1 aromatic carbocycles. The van der Waals surface area contributed by atoms with Crippen LogP contribution in [0.25, 0.3) is 0 Å². The highest BCUT2D eigenvalue weighted by molar-refractivity contribution is 5.97. The Morgan fingerprint density at radius 3 is 2.81 bits per heavy atom. The molecule has 0 aromatic heterocycles. The van der Waals surface area contributed by atoms with Gasteiger partial charge in [-0.3, -0.25) is 24.5 Å². The highest BCUT2D eigenvalue weighted by Crippen LogP contribution is 2.21. The number of nitro groups is 1. The molecule has 1 aliphatic rings. The van der Waals surface area contributed by atoms with Crippen molar-refractivity contribution < 1.29 is 24.4 Å². The van der Waals surface area contributed by atoms with E-state index in [9.17, 15) is 24.5 Å². The fourth-order valence-corrected chi connectivity index (χ4v) is 3.20. The summed E-state index contributed by atoms with van der Waals surface area (Å²) in [5, 5.41) is 22.2. The molecule has 1 aliphatic heterocycles. The minimum Gasteiger partial charge on any atom is -0.481 e. The summed E-state index contributed by atoms with van der Waals surface area (Å²) in [6.45, 7) is 2.61. The molecule has 2 rings (SSSR count). The van der Waals surface area contributed by atoms with Crippen LogP contribution in [0.1, 0.15) is 43.0 Å². The summed E-state index contributed by atoms with van der Waals surface area (Å²) in [6, 6.07) is 4.53. The Morgan fingerprint density at radius 1 is 1.41 bits per heavy atom. The van der Waals surface area contributed by atoms with Gasteiger partial charge in [0, 0.05) is 37.2 Å². The smallest absolute Gasteiger partial charge is 0.303 e. The van der Waals surface area contributed by atoms with Crippen LogP contribution < -0.4 is 5.32 Å². The number of nitro benzene ring substituents is 1. The van der Waals surface area contributed by atoms with E-state index >= 15 is 0 Å². The Balaban J connectivity index is 1.94. The molecule has 0 radical (unpaired) electrons. The number of hydrogen-bond donors (Lipinski definition) is 2. The van der Waals surface area contributed by atoms with E-state index in [2.05, 4.69) is 5.32 Å². The van der Waals surface area contributed by atoms with Crippen molar-refractivity contribution in [1.82, 2.24) is 10.2 Å². The highest BCUT2D eigenvalue weighted by Gasteiger charge is 2.28. The topological polar surface area (TPSA) is 130 Å². The molecule has 2 N–H and O–H groups in total. The van der Waals surface area contributed by atoms with Crippen LogP contribution in [0.2, 0.25) is 0 Å². The number of aliphatic carboxylic acids is 1. The number of non-ortho nitro benzene ring substituents is 1. The summed E-state index contributed by atoms with van der Waals surface area (Å²) in [7, 11) is 0. The summed E-state index contributed by atoms with van der Waals surface area (Å²) in [5.74, 6) is -1.51. The normalized spacial score (nSPS) is 17.8. The van der Waals surface area contributed by atoms with Gasteiger partial charge in [0.1, 0.15) is 6.04 Å². The molecule has 2 amide bonds. The first-order valence-electron chi connectivity index (χ1n) is 8.84. The fourth-order valence-electron chi connectivity index (χ4n) is 3.20. The van der Waals surface area contributed by atoms with Gasteiger partial charge in [-0.05, 0) is 38.2 Å². The van der Waals surface area contributed by atoms with Crippen LogP contribution in [0.5, 0.6) is 0 Å². The Labute approximate surface area is 156 Å². The molecule has 1 aromatic rings. The van der Waals surface area contributed by atoms with E-state index in [1.54, 1.807) is 11.8 Å². The van der Waals surface area contributed by atoms with E-state index in [1.807, 2.05) is 0 Å². The first kappa shape index (κ1) is 20.3. The number of hydrogen-bond acceptors (Lipinski definition) is 5. The molecule has 9 heteroatoms. The Hall–Kier alpha value is -2.97. The molecule has 2 unspecified atom stereocenters. The number of carbonyl (C=O) groups excluding carboxylic acids is 2. The maximum Gasteiger partial charge on any atom is 0.303 e. The zero-order valence-electron chi connectivity index (χ0n) is 15.1. The fraction of sp³-hybridized carbons (Fsp3) is 0.500. The number of nitrogens with zero attached hydrogens (tertiary/aromatic N) is 2. The molecule has 2 atom stereocenters. The molecule has 1 heterocycles. The summed E-state index contributed by atoms with van der Waals surface area (Å²) in [5.41, 5.74) is -0.0826. The average molecular weight is 377 g/mol. The lowest BCUT2D eigenvalue weighted by Crippen LogP contribution is -2.50. The van der Waals surface area contributed by atoms with Crippen LogP contribution in [0.15, 0.2) is 24.3 Å². The van der Waals surface area contributed by atoms with Crippen molar-refractivity contribution in [1.29, 1.82) is 0 Å². The Morgan fingerprint density at radius 2 is 2.15 bits per heavy atom. The van der Waals surface area contributed by atoms with Crippen LogP contribution in [0, 0.1) is 16.0 Å². The first-order valence-corrected chi connectivity index (χ1v) is 8.84.